The molecule has 5 heteroatoms. The number of carbonyl (C=O) groups is 2. The van der Waals surface area contributed by atoms with Crippen molar-refractivity contribution in [1.82, 2.24) is 10.2 Å². The Balaban J connectivity index is 2.18. The van der Waals surface area contributed by atoms with Crippen LogP contribution in [0.15, 0.2) is 11.4 Å². The SMILES string of the molecule is Cc1ccsc1CN1C(=O)C(CC(C)C)NC(=O)C1C. The maximum atomic E-state index is 12.6. The summed E-state index contributed by atoms with van der Waals surface area (Å²) in [4.78, 5) is 27.5. The summed E-state index contributed by atoms with van der Waals surface area (Å²) in [5, 5.41) is 4.87. The van der Waals surface area contributed by atoms with E-state index in [0.29, 0.717) is 18.9 Å². The monoisotopic (exact) mass is 294 g/mol. The fourth-order valence-corrected chi connectivity index (χ4v) is 3.36. The third-order valence-corrected chi connectivity index (χ3v) is 4.74. The quantitative estimate of drug-likeness (QED) is 0.926. The van der Waals surface area contributed by atoms with Gasteiger partial charge in [0.25, 0.3) is 0 Å². The van der Waals surface area contributed by atoms with E-state index in [9.17, 15) is 9.59 Å². The molecule has 0 spiro atoms. The van der Waals surface area contributed by atoms with Crippen LogP contribution in [0.5, 0.6) is 0 Å². The molecule has 1 aliphatic rings. The van der Waals surface area contributed by atoms with Gasteiger partial charge in [0.15, 0.2) is 0 Å². The molecule has 1 N–H and O–H groups in total. The first-order valence-corrected chi connectivity index (χ1v) is 7.92. The highest BCUT2D eigenvalue weighted by Crippen LogP contribution is 2.22. The van der Waals surface area contributed by atoms with Gasteiger partial charge >= 0.3 is 0 Å². The van der Waals surface area contributed by atoms with Crippen LogP contribution in [0.1, 0.15) is 37.6 Å². The maximum Gasteiger partial charge on any atom is 0.246 e. The number of thiophene rings is 1. The van der Waals surface area contributed by atoms with Crippen LogP contribution in [0.25, 0.3) is 0 Å². The number of piperazine rings is 1. The van der Waals surface area contributed by atoms with Crippen molar-refractivity contribution in [2.45, 2.75) is 52.7 Å². The van der Waals surface area contributed by atoms with Crippen LogP contribution in [-0.2, 0) is 16.1 Å². The predicted molar refractivity (Wildman–Crippen MR) is 80.5 cm³/mol. The lowest BCUT2D eigenvalue weighted by Crippen LogP contribution is -2.62. The molecule has 2 atom stereocenters. The topological polar surface area (TPSA) is 49.4 Å². The lowest BCUT2D eigenvalue weighted by atomic mass is 9.99. The van der Waals surface area contributed by atoms with Crippen molar-refractivity contribution in [3.05, 3.63) is 21.9 Å². The molecule has 20 heavy (non-hydrogen) atoms. The van der Waals surface area contributed by atoms with Crippen molar-refractivity contribution in [2.75, 3.05) is 0 Å². The molecule has 1 fully saturated rings. The van der Waals surface area contributed by atoms with Gasteiger partial charge in [-0.2, -0.15) is 0 Å². The summed E-state index contributed by atoms with van der Waals surface area (Å²) in [5.41, 5.74) is 1.18. The van der Waals surface area contributed by atoms with Crippen LogP contribution < -0.4 is 5.32 Å². The molecule has 0 saturated carbocycles. The van der Waals surface area contributed by atoms with Gasteiger partial charge in [0, 0.05) is 4.88 Å². The van der Waals surface area contributed by atoms with E-state index < -0.39 is 6.04 Å². The molecule has 1 saturated heterocycles. The molecule has 2 unspecified atom stereocenters. The van der Waals surface area contributed by atoms with E-state index in [4.69, 9.17) is 0 Å². The van der Waals surface area contributed by atoms with Crippen LogP contribution in [0.3, 0.4) is 0 Å². The Morgan fingerprint density at radius 3 is 2.65 bits per heavy atom. The Bertz CT molecular complexity index is 510. The van der Waals surface area contributed by atoms with Crippen molar-refractivity contribution < 1.29 is 9.59 Å². The number of hydrogen-bond acceptors (Lipinski definition) is 3. The highest BCUT2D eigenvalue weighted by atomic mass is 32.1. The molecule has 0 aromatic carbocycles. The van der Waals surface area contributed by atoms with E-state index >= 15 is 0 Å². The lowest BCUT2D eigenvalue weighted by molar-refractivity contribution is -0.149. The third kappa shape index (κ3) is 3.03. The Morgan fingerprint density at radius 1 is 1.40 bits per heavy atom. The van der Waals surface area contributed by atoms with Crippen molar-refractivity contribution in [1.29, 1.82) is 0 Å². The van der Waals surface area contributed by atoms with E-state index in [-0.39, 0.29) is 17.9 Å². The molecule has 2 heterocycles. The highest BCUT2D eigenvalue weighted by Gasteiger charge is 2.38. The van der Waals surface area contributed by atoms with Crippen molar-refractivity contribution in [2.24, 2.45) is 5.92 Å². The zero-order valence-electron chi connectivity index (χ0n) is 12.5. The van der Waals surface area contributed by atoms with Gasteiger partial charge in [0.1, 0.15) is 12.1 Å². The van der Waals surface area contributed by atoms with E-state index in [2.05, 4.69) is 19.2 Å². The molecule has 2 amide bonds. The second kappa shape index (κ2) is 5.95. The average Bonchev–Trinajstić information content (AvgIpc) is 2.77. The van der Waals surface area contributed by atoms with Crippen LogP contribution in [-0.4, -0.2) is 28.8 Å². The average molecular weight is 294 g/mol. The molecular weight excluding hydrogens is 272 g/mol. The first-order valence-electron chi connectivity index (χ1n) is 7.04. The number of nitrogens with zero attached hydrogens (tertiary/aromatic N) is 1. The summed E-state index contributed by atoms with van der Waals surface area (Å²) in [6, 6.07) is 1.27. The molecule has 0 aliphatic carbocycles. The second-order valence-corrected chi connectivity index (χ2v) is 6.86. The van der Waals surface area contributed by atoms with E-state index in [0.717, 1.165) is 4.88 Å². The van der Waals surface area contributed by atoms with Gasteiger partial charge in [-0.05, 0) is 43.2 Å². The first-order chi connectivity index (χ1) is 9.40. The minimum absolute atomic E-state index is 0.0404. The van der Waals surface area contributed by atoms with E-state index in [1.807, 2.05) is 18.4 Å². The number of hydrogen-bond donors (Lipinski definition) is 1. The lowest BCUT2D eigenvalue weighted by Gasteiger charge is -2.37. The zero-order chi connectivity index (χ0) is 14.9. The summed E-state index contributed by atoms with van der Waals surface area (Å²) in [5.74, 6) is 0.367. The molecular formula is C15H22N2O2S. The Kier molecular flexibility index (Phi) is 4.48. The number of aryl methyl sites for hydroxylation is 1. The van der Waals surface area contributed by atoms with Crippen molar-refractivity contribution in [3.63, 3.8) is 0 Å². The summed E-state index contributed by atoms with van der Waals surface area (Å²) >= 11 is 1.64. The fourth-order valence-electron chi connectivity index (χ4n) is 2.45. The number of amides is 2. The summed E-state index contributed by atoms with van der Waals surface area (Å²) in [6.07, 6.45) is 0.692. The molecule has 4 nitrogen and oxygen atoms in total. The van der Waals surface area contributed by atoms with Gasteiger partial charge in [-0.3, -0.25) is 9.59 Å². The van der Waals surface area contributed by atoms with Crippen LogP contribution >= 0.6 is 11.3 Å². The Hall–Kier alpha value is -1.36. The normalized spacial score (nSPS) is 23.4. The molecule has 2 rings (SSSR count). The summed E-state index contributed by atoms with van der Waals surface area (Å²) in [6.45, 7) is 8.49. The van der Waals surface area contributed by atoms with Gasteiger partial charge < -0.3 is 10.2 Å². The third-order valence-electron chi connectivity index (χ3n) is 3.73. The summed E-state index contributed by atoms with van der Waals surface area (Å²) < 4.78 is 0. The maximum absolute atomic E-state index is 12.6. The smallest absolute Gasteiger partial charge is 0.246 e. The minimum atomic E-state index is -0.396. The van der Waals surface area contributed by atoms with Gasteiger partial charge in [-0.15, -0.1) is 11.3 Å². The van der Waals surface area contributed by atoms with Gasteiger partial charge in [0.2, 0.25) is 11.8 Å². The molecule has 0 bridgehead atoms. The van der Waals surface area contributed by atoms with E-state index in [1.54, 1.807) is 23.2 Å². The van der Waals surface area contributed by atoms with Crippen LogP contribution in [0, 0.1) is 12.8 Å². The summed E-state index contributed by atoms with van der Waals surface area (Å²) in [7, 11) is 0. The first kappa shape index (κ1) is 15.0. The molecule has 1 aromatic rings. The van der Waals surface area contributed by atoms with Crippen molar-refractivity contribution in [3.8, 4) is 0 Å². The van der Waals surface area contributed by atoms with Crippen molar-refractivity contribution >= 4 is 23.2 Å². The number of carbonyl (C=O) groups excluding carboxylic acids is 2. The molecule has 110 valence electrons. The zero-order valence-corrected chi connectivity index (χ0v) is 13.3. The predicted octanol–water partition coefficient (Wildman–Crippen LogP) is 2.32. The number of nitrogens with one attached hydrogen (secondary N) is 1. The molecule has 0 radical (unpaired) electrons. The number of rotatable bonds is 4. The fraction of sp³-hybridized carbons (Fsp3) is 0.600. The van der Waals surface area contributed by atoms with E-state index in [1.165, 1.54) is 5.56 Å². The largest absolute Gasteiger partial charge is 0.343 e. The highest BCUT2D eigenvalue weighted by molar-refractivity contribution is 7.10. The second-order valence-electron chi connectivity index (χ2n) is 5.86. The van der Waals surface area contributed by atoms with Gasteiger partial charge in [-0.1, -0.05) is 13.8 Å². The molecule has 1 aliphatic heterocycles. The Morgan fingerprint density at radius 2 is 2.10 bits per heavy atom. The van der Waals surface area contributed by atoms with Crippen LogP contribution in [0.2, 0.25) is 0 Å². The van der Waals surface area contributed by atoms with Gasteiger partial charge in [0.05, 0.1) is 6.54 Å². The van der Waals surface area contributed by atoms with Crippen LogP contribution in [0.4, 0.5) is 0 Å². The van der Waals surface area contributed by atoms with Gasteiger partial charge in [-0.25, -0.2) is 0 Å². The minimum Gasteiger partial charge on any atom is -0.343 e. The standard InChI is InChI=1S/C15H22N2O2S/c1-9(2)7-12-15(19)17(11(4)14(18)16-12)8-13-10(3)5-6-20-13/h5-6,9,11-12H,7-8H2,1-4H3,(H,16,18). The molecule has 1 aromatic heterocycles. The Labute approximate surface area is 124 Å².